The normalized spacial score (nSPS) is 11.7. The number of hydrogen-bond donors (Lipinski definition) is 4. The number of ether oxygens (including phenoxy) is 1. The fourth-order valence-corrected chi connectivity index (χ4v) is 3.67. The summed E-state index contributed by atoms with van der Waals surface area (Å²) < 4.78 is 7.15. The summed E-state index contributed by atoms with van der Waals surface area (Å²) in [6.45, 7) is -2.24. The van der Waals surface area contributed by atoms with Crippen molar-refractivity contribution in [1.29, 1.82) is 0 Å². The van der Waals surface area contributed by atoms with Crippen molar-refractivity contribution < 1.29 is 24.9 Å². The molecule has 3 aromatic rings. The van der Waals surface area contributed by atoms with Gasteiger partial charge in [0.25, 0.3) is 5.91 Å². The molecule has 0 saturated carbocycles. The lowest BCUT2D eigenvalue weighted by molar-refractivity contribution is -0.127. The summed E-state index contributed by atoms with van der Waals surface area (Å²) in [5, 5.41) is 31.2. The SMILES string of the molecule is O=C(COc1ccc2sc3ccccc3c(=O)c2c1)NC(CO)(CO)CO. The number of fused-ring (bicyclic) bond motifs is 2. The van der Waals surface area contributed by atoms with Crippen LogP contribution in [0, 0.1) is 0 Å². The molecule has 2 aromatic carbocycles. The van der Waals surface area contributed by atoms with Crippen LogP contribution in [0.2, 0.25) is 0 Å². The minimum Gasteiger partial charge on any atom is -0.484 e. The fourth-order valence-electron chi connectivity index (χ4n) is 2.62. The first kappa shape index (κ1) is 19.2. The summed E-state index contributed by atoms with van der Waals surface area (Å²) in [4.78, 5) is 24.7. The van der Waals surface area contributed by atoms with E-state index in [-0.39, 0.29) is 5.43 Å². The Balaban J connectivity index is 1.80. The van der Waals surface area contributed by atoms with Crippen LogP contribution >= 0.6 is 11.3 Å². The topological polar surface area (TPSA) is 116 Å². The molecular formula is C19H19NO6S. The van der Waals surface area contributed by atoms with Crippen molar-refractivity contribution in [3.05, 3.63) is 52.7 Å². The third-order valence-corrected chi connectivity index (χ3v) is 5.38. The first-order valence-electron chi connectivity index (χ1n) is 8.24. The van der Waals surface area contributed by atoms with Gasteiger partial charge < -0.3 is 25.4 Å². The van der Waals surface area contributed by atoms with Gasteiger partial charge in [-0.05, 0) is 30.3 Å². The average molecular weight is 389 g/mol. The molecule has 0 fully saturated rings. The molecular weight excluding hydrogens is 370 g/mol. The molecule has 3 rings (SSSR count). The van der Waals surface area contributed by atoms with Crippen molar-refractivity contribution >= 4 is 37.4 Å². The van der Waals surface area contributed by atoms with Gasteiger partial charge in [-0.1, -0.05) is 12.1 Å². The lowest BCUT2D eigenvalue weighted by Crippen LogP contribution is -2.58. The van der Waals surface area contributed by atoms with Gasteiger partial charge in [0.1, 0.15) is 11.3 Å². The Labute approximate surface area is 158 Å². The molecule has 27 heavy (non-hydrogen) atoms. The van der Waals surface area contributed by atoms with Crippen LogP contribution in [-0.2, 0) is 4.79 Å². The Morgan fingerprint density at radius 1 is 1.00 bits per heavy atom. The van der Waals surface area contributed by atoms with Crippen molar-refractivity contribution in [2.24, 2.45) is 0 Å². The molecule has 7 nitrogen and oxygen atoms in total. The monoisotopic (exact) mass is 389 g/mol. The van der Waals surface area contributed by atoms with E-state index in [0.29, 0.717) is 16.5 Å². The minimum absolute atomic E-state index is 0.103. The van der Waals surface area contributed by atoms with Crippen molar-refractivity contribution in [3.63, 3.8) is 0 Å². The average Bonchev–Trinajstić information content (AvgIpc) is 2.71. The largest absolute Gasteiger partial charge is 0.484 e. The number of benzene rings is 2. The molecule has 0 aliphatic carbocycles. The zero-order valence-electron chi connectivity index (χ0n) is 14.3. The summed E-state index contributed by atoms with van der Waals surface area (Å²) in [5.41, 5.74) is -1.61. The van der Waals surface area contributed by atoms with Gasteiger partial charge in [-0.3, -0.25) is 9.59 Å². The van der Waals surface area contributed by atoms with Crippen LogP contribution in [0.15, 0.2) is 47.3 Å². The number of hydrogen-bond acceptors (Lipinski definition) is 7. The van der Waals surface area contributed by atoms with Gasteiger partial charge in [-0.15, -0.1) is 11.3 Å². The number of rotatable bonds is 7. The number of nitrogens with one attached hydrogen (secondary N) is 1. The smallest absolute Gasteiger partial charge is 0.258 e. The first-order valence-corrected chi connectivity index (χ1v) is 9.05. The van der Waals surface area contributed by atoms with Crippen LogP contribution in [0.4, 0.5) is 0 Å². The zero-order valence-corrected chi connectivity index (χ0v) is 15.2. The first-order chi connectivity index (χ1) is 13.0. The van der Waals surface area contributed by atoms with Gasteiger partial charge in [0, 0.05) is 20.2 Å². The van der Waals surface area contributed by atoms with E-state index in [2.05, 4.69) is 5.32 Å². The second-order valence-electron chi connectivity index (χ2n) is 6.18. The molecule has 0 radical (unpaired) electrons. The van der Waals surface area contributed by atoms with Gasteiger partial charge in [0.15, 0.2) is 12.0 Å². The van der Waals surface area contributed by atoms with E-state index in [0.717, 1.165) is 9.40 Å². The second kappa shape index (κ2) is 8.01. The highest BCUT2D eigenvalue weighted by Gasteiger charge is 2.30. The molecule has 4 N–H and O–H groups in total. The number of carbonyl (C=O) groups excluding carboxylic acids is 1. The van der Waals surface area contributed by atoms with E-state index in [1.54, 1.807) is 24.3 Å². The quantitative estimate of drug-likeness (QED) is 0.441. The highest BCUT2D eigenvalue weighted by molar-refractivity contribution is 7.24. The third-order valence-electron chi connectivity index (χ3n) is 4.23. The van der Waals surface area contributed by atoms with Gasteiger partial charge in [-0.2, -0.15) is 0 Å². The zero-order chi connectivity index (χ0) is 19.4. The van der Waals surface area contributed by atoms with Crippen LogP contribution < -0.4 is 15.5 Å². The Bertz CT molecular complexity index is 1020. The molecule has 0 bridgehead atoms. The molecule has 0 unspecified atom stereocenters. The standard InChI is InChI=1S/C19H19NO6S/c21-9-19(10-22,11-23)20-17(24)8-26-12-5-6-16-14(7-12)18(25)13-3-1-2-4-15(13)27-16/h1-7,21-23H,8-11H2,(H,20,24). The van der Waals surface area contributed by atoms with Crippen LogP contribution in [0.1, 0.15) is 0 Å². The Morgan fingerprint density at radius 2 is 1.67 bits per heavy atom. The summed E-state index contributed by atoms with van der Waals surface area (Å²) in [5.74, 6) is -0.268. The van der Waals surface area contributed by atoms with Crippen LogP contribution in [0.25, 0.3) is 20.2 Å². The van der Waals surface area contributed by atoms with E-state index in [9.17, 15) is 24.9 Å². The summed E-state index contributed by atoms with van der Waals surface area (Å²) >= 11 is 1.50. The van der Waals surface area contributed by atoms with E-state index < -0.39 is 37.9 Å². The molecule has 0 spiro atoms. The minimum atomic E-state index is -1.51. The van der Waals surface area contributed by atoms with Crippen molar-refractivity contribution in [2.75, 3.05) is 26.4 Å². The molecule has 0 aliphatic rings. The van der Waals surface area contributed by atoms with Gasteiger partial charge >= 0.3 is 0 Å². The van der Waals surface area contributed by atoms with Crippen molar-refractivity contribution in [1.82, 2.24) is 5.32 Å². The van der Waals surface area contributed by atoms with Gasteiger partial charge in [0.2, 0.25) is 0 Å². The lowest BCUT2D eigenvalue weighted by atomic mass is 10.0. The molecule has 0 atom stereocenters. The van der Waals surface area contributed by atoms with Crippen LogP contribution in [0.3, 0.4) is 0 Å². The second-order valence-corrected chi connectivity index (χ2v) is 7.26. The van der Waals surface area contributed by atoms with E-state index >= 15 is 0 Å². The number of aliphatic hydroxyl groups is 3. The third kappa shape index (κ3) is 3.93. The Kier molecular flexibility index (Phi) is 5.71. The Hall–Kier alpha value is -2.52. The number of aliphatic hydroxyl groups excluding tert-OH is 3. The Morgan fingerprint density at radius 3 is 2.37 bits per heavy atom. The molecule has 1 amide bonds. The van der Waals surface area contributed by atoms with E-state index in [1.807, 2.05) is 18.2 Å². The molecule has 142 valence electrons. The molecule has 1 heterocycles. The maximum atomic E-state index is 12.7. The highest BCUT2D eigenvalue weighted by atomic mass is 32.1. The molecule has 0 aliphatic heterocycles. The maximum absolute atomic E-state index is 12.7. The van der Waals surface area contributed by atoms with Crippen molar-refractivity contribution in [3.8, 4) is 5.75 Å². The summed E-state index contributed by atoms with van der Waals surface area (Å²) in [6.07, 6.45) is 0. The predicted molar refractivity (Wildman–Crippen MR) is 103 cm³/mol. The predicted octanol–water partition coefficient (Wildman–Crippen LogP) is 0.625. The van der Waals surface area contributed by atoms with Crippen LogP contribution in [-0.4, -0.2) is 53.2 Å². The number of amides is 1. The van der Waals surface area contributed by atoms with E-state index in [1.165, 1.54) is 11.3 Å². The fraction of sp³-hybridized carbons (Fsp3) is 0.263. The maximum Gasteiger partial charge on any atom is 0.258 e. The highest BCUT2D eigenvalue weighted by Crippen LogP contribution is 2.27. The van der Waals surface area contributed by atoms with Crippen molar-refractivity contribution in [2.45, 2.75) is 5.54 Å². The van der Waals surface area contributed by atoms with Crippen LogP contribution in [0.5, 0.6) is 5.75 Å². The molecule has 0 saturated heterocycles. The summed E-state index contributed by atoms with van der Waals surface area (Å²) in [6, 6.07) is 12.4. The van der Waals surface area contributed by atoms with Gasteiger partial charge in [0.05, 0.1) is 19.8 Å². The van der Waals surface area contributed by atoms with E-state index in [4.69, 9.17) is 4.74 Å². The molecule has 8 heteroatoms. The number of carbonyl (C=O) groups is 1. The van der Waals surface area contributed by atoms with Gasteiger partial charge in [-0.25, -0.2) is 0 Å². The molecule has 1 aromatic heterocycles. The summed E-state index contributed by atoms with van der Waals surface area (Å²) in [7, 11) is 0. The lowest BCUT2D eigenvalue weighted by Gasteiger charge is -2.28.